The molecule has 0 unspecified atom stereocenters. The fourth-order valence-electron chi connectivity index (χ4n) is 0. The van der Waals surface area contributed by atoms with Crippen LogP contribution in [0.4, 0.5) is 0 Å². The maximum absolute atomic E-state index is 7.00. The van der Waals surface area contributed by atoms with Crippen LogP contribution < -0.4 is 0 Å². The van der Waals surface area contributed by atoms with Gasteiger partial charge in [0.2, 0.25) is 0 Å². The van der Waals surface area contributed by atoms with Gasteiger partial charge in [0.1, 0.15) is 0 Å². The molecule has 0 rings (SSSR count). The van der Waals surface area contributed by atoms with Gasteiger partial charge in [-0.15, -0.1) is 0 Å². The van der Waals surface area contributed by atoms with Gasteiger partial charge in [0, 0.05) is 95.7 Å². The zero-order chi connectivity index (χ0) is 12.0. The molecule has 0 saturated carbocycles. The minimum atomic E-state index is 0. The number of aliphatic hydroxyl groups excluding tert-OH is 6. The van der Waals surface area contributed by atoms with Crippen molar-refractivity contribution in [2.75, 3.05) is 42.7 Å². The number of hydrogen-bond acceptors (Lipinski definition) is 6. The van der Waals surface area contributed by atoms with Gasteiger partial charge >= 0.3 is 0 Å². The molecule has 1 radical (unpaired) electrons. The quantitative estimate of drug-likeness (QED) is 0.262. The fraction of sp³-hybridized carbons (Fsp3) is 1.00. The first-order valence-corrected chi connectivity index (χ1v) is 2.68. The molecule has 0 heterocycles. The van der Waals surface area contributed by atoms with Gasteiger partial charge in [-0.05, 0) is 0 Å². The molecule has 15 heavy (non-hydrogen) atoms. The second kappa shape index (κ2) is 1640. The van der Waals surface area contributed by atoms with Crippen LogP contribution in [-0.2, 0) is 53.0 Å². The summed E-state index contributed by atoms with van der Waals surface area (Å²) in [6, 6.07) is 0. The maximum atomic E-state index is 7.00. The van der Waals surface area contributed by atoms with Gasteiger partial charge in [-0.2, -0.15) is 0 Å². The Kier molecular flexibility index (Phi) is 7750. The van der Waals surface area contributed by atoms with E-state index in [9.17, 15) is 0 Å². The molecule has 107 valence electrons. The monoisotopic (exact) mass is 377 g/mol. The molecule has 0 aliphatic rings. The summed E-state index contributed by atoms with van der Waals surface area (Å²) in [7, 11) is 6.00. The van der Waals surface area contributed by atoms with Gasteiger partial charge in [-0.1, -0.05) is 0 Å². The average molecular weight is 380 g/mol. The van der Waals surface area contributed by atoms with Crippen LogP contribution in [0.5, 0.6) is 0 Å². The first-order valence-electron chi connectivity index (χ1n) is 2.68. The van der Waals surface area contributed by atoms with Crippen LogP contribution in [0.2, 0.25) is 0 Å². The van der Waals surface area contributed by atoms with Crippen molar-refractivity contribution in [3.05, 3.63) is 0 Å². The summed E-state index contributed by atoms with van der Waals surface area (Å²) < 4.78 is 0. The molecule has 0 atom stereocenters. The van der Waals surface area contributed by atoms with Crippen LogP contribution in [0.1, 0.15) is 0 Å². The van der Waals surface area contributed by atoms with Crippen molar-refractivity contribution in [3.8, 4) is 0 Å². The molecular formula is C6H24CuNiO6Zn. The van der Waals surface area contributed by atoms with E-state index in [4.69, 9.17) is 30.6 Å². The molecule has 6 N–H and O–H groups in total. The molecule has 0 bridgehead atoms. The predicted octanol–water partition coefficient (Wildman–Crippen LogP) is -2.36. The van der Waals surface area contributed by atoms with E-state index in [0.717, 1.165) is 42.7 Å². The van der Waals surface area contributed by atoms with Crippen molar-refractivity contribution < 1.29 is 83.7 Å². The third kappa shape index (κ3) is 1420. The number of rotatable bonds is 0. The number of hydrogen-bond donors (Lipinski definition) is 6. The number of aliphatic hydroxyl groups is 6. The standard InChI is InChI=1S/6CH4O.Cu.Ni.Zn/c6*1-2;;;/h6*2H,1H3;;;. The molecule has 9 heteroatoms. The van der Waals surface area contributed by atoms with Gasteiger partial charge in [0.15, 0.2) is 0 Å². The Bertz CT molecular complexity index is 27.6. The average Bonchev–Trinajstić information content (AvgIpc) is 2.33. The fourth-order valence-corrected chi connectivity index (χ4v) is 0. The maximum Gasteiger partial charge on any atom is 0.0319 e. The molecule has 0 aliphatic heterocycles. The minimum absolute atomic E-state index is 0. The van der Waals surface area contributed by atoms with E-state index in [1.807, 2.05) is 0 Å². The SMILES string of the molecule is CO.CO.CO.CO.CO.CO.[Cu].[Ni].[Zn]. The Morgan fingerprint density at radius 3 is 0.400 bits per heavy atom. The van der Waals surface area contributed by atoms with E-state index in [1.54, 1.807) is 0 Å². The van der Waals surface area contributed by atoms with Gasteiger partial charge in [-0.3, -0.25) is 0 Å². The van der Waals surface area contributed by atoms with Crippen molar-refractivity contribution in [2.45, 2.75) is 0 Å². The zero-order valence-corrected chi connectivity index (χ0v) is 14.9. The minimum Gasteiger partial charge on any atom is -0.400 e. The molecular weight excluding hydrogens is 356 g/mol. The molecule has 6 nitrogen and oxygen atoms in total. The second-order valence-electron chi connectivity index (χ2n) is 0. The third-order valence-corrected chi connectivity index (χ3v) is 0. The topological polar surface area (TPSA) is 121 Å². The van der Waals surface area contributed by atoms with Crippen LogP contribution in [-0.4, -0.2) is 73.3 Å². The summed E-state index contributed by atoms with van der Waals surface area (Å²) in [5.74, 6) is 0. The van der Waals surface area contributed by atoms with E-state index < -0.39 is 0 Å². The Labute approximate surface area is 126 Å². The van der Waals surface area contributed by atoms with Crippen molar-refractivity contribution in [3.63, 3.8) is 0 Å². The van der Waals surface area contributed by atoms with Crippen LogP contribution in [0, 0.1) is 0 Å². The molecule has 0 aromatic carbocycles. The zero-order valence-electron chi connectivity index (χ0n) is 10.0. The van der Waals surface area contributed by atoms with E-state index in [0.29, 0.717) is 0 Å². The molecule has 0 aromatic heterocycles. The van der Waals surface area contributed by atoms with Crippen LogP contribution in [0.15, 0.2) is 0 Å². The first kappa shape index (κ1) is 71.0. The molecule has 0 fully saturated rings. The molecule has 0 amide bonds. The normalized spacial score (nSPS) is 2.40. The molecule has 0 aromatic rings. The Morgan fingerprint density at radius 2 is 0.400 bits per heavy atom. The van der Waals surface area contributed by atoms with Gasteiger partial charge in [0.05, 0.1) is 0 Å². The third-order valence-electron chi connectivity index (χ3n) is 0. The largest absolute Gasteiger partial charge is 0.400 e. The van der Waals surface area contributed by atoms with Crippen molar-refractivity contribution in [1.82, 2.24) is 0 Å². The van der Waals surface area contributed by atoms with E-state index >= 15 is 0 Å². The molecule has 0 aliphatic carbocycles. The second-order valence-corrected chi connectivity index (χ2v) is 0. The smallest absolute Gasteiger partial charge is 0.0319 e. The van der Waals surface area contributed by atoms with Crippen molar-refractivity contribution in [1.29, 1.82) is 0 Å². The first-order chi connectivity index (χ1) is 6.00. The van der Waals surface area contributed by atoms with Crippen LogP contribution >= 0.6 is 0 Å². The van der Waals surface area contributed by atoms with Gasteiger partial charge < -0.3 is 30.6 Å². The predicted molar refractivity (Wildman–Crippen MR) is 48.9 cm³/mol. The summed E-state index contributed by atoms with van der Waals surface area (Å²) in [6.07, 6.45) is 0. The Hall–Kier alpha value is 1.40. The summed E-state index contributed by atoms with van der Waals surface area (Å²) in [4.78, 5) is 0. The van der Waals surface area contributed by atoms with Crippen molar-refractivity contribution >= 4 is 0 Å². The Balaban J connectivity index is -0.00000000396. The summed E-state index contributed by atoms with van der Waals surface area (Å²) in [5, 5.41) is 42.0. The molecule has 0 spiro atoms. The summed E-state index contributed by atoms with van der Waals surface area (Å²) in [5.41, 5.74) is 0. The van der Waals surface area contributed by atoms with E-state index in [2.05, 4.69) is 0 Å². The Morgan fingerprint density at radius 1 is 0.400 bits per heavy atom. The van der Waals surface area contributed by atoms with Crippen LogP contribution in [0.25, 0.3) is 0 Å². The van der Waals surface area contributed by atoms with Gasteiger partial charge in [-0.25, -0.2) is 0 Å². The van der Waals surface area contributed by atoms with Crippen molar-refractivity contribution in [2.24, 2.45) is 0 Å². The summed E-state index contributed by atoms with van der Waals surface area (Å²) >= 11 is 0. The van der Waals surface area contributed by atoms with Crippen LogP contribution in [0.3, 0.4) is 0 Å². The van der Waals surface area contributed by atoms with Gasteiger partial charge in [0.25, 0.3) is 0 Å². The summed E-state index contributed by atoms with van der Waals surface area (Å²) in [6.45, 7) is 0. The van der Waals surface area contributed by atoms with E-state index in [1.165, 1.54) is 0 Å². The molecule has 0 saturated heterocycles. The van der Waals surface area contributed by atoms with E-state index in [-0.39, 0.29) is 53.0 Å².